The molecule has 4 rings (SSSR count). The van der Waals surface area contributed by atoms with Gasteiger partial charge in [0.05, 0.1) is 10.5 Å². The van der Waals surface area contributed by atoms with Crippen molar-refractivity contribution >= 4 is 34.8 Å². The molecule has 0 saturated heterocycles. The number of carbonyl (C=O) groups is 2. The second-order valence-corrected chi connectivity index (χ2v) is 8.28. The molecule has 0 saturated carbocycles. The van der Waals surface area contributed by atoms with Crippen LogP contribution in [0.2, 0.25) is 0 Å². The number of nitro groups is 1. The minimum atomic E-state index is -0.606. The van der Waals surface area contributed by atoms with Crippen LogP contribution in [-0.4, -0.2) is 26.2 Å². The van der Waals surface area contributed by atoms with Crippen molar-refractivity contribution in [1.82, 2.24) is 9.55 Å². The number of aromatic nitrogens is 2. The van der Waals surface area contributed by atoms with E-state index in [1.54, 1.807) is 60.3 Å². The van der Waals surface area contributed by atoms with Crippen LogP contribution >= 0.6 is 11.8 Å². The molecule has 0 aliphatic rings. The van der Waals surface area contributed by atoms with E-state index in [4.69, 9.17) is 0 Å². The molecule has 34 heavy (non-hydrogen) atoms. The molecule has 10 heteroatoms. The molecule has 0 radical (unpaired) electrons. The van der Waals surface area contributed by atoms with Crippen LogP contribution in [0.1, 0.15) is 26.5 Å². The average molecular weight is 476 g/mol. The van der Waals surface area contributed by atoms with Gasteiger partial charge in [-0.2, -0.15) is 0 Å². The van der Waals surface area contributed by atoms with E-state index in [9.17, 15) is 24.1 Å². The van der Waals surface area contributed by atoms with E-state index in [-0.39, 0.29) is 27.8 Å². The first-order chi connectivity index (χ1) is 16.3. The molecule has 8 nitrogen and oxygen atoms in total. The summed E-state index contributed by atoms with van der Waals surface area (Å²) in [5.41, 5.74) is 0.530. The fourth-order valence-corrected chi connectivity index (χ4v) is 4.11. The van der Waals surface area contributed by atoms with Gasteiger partial charge in [0.1, 0.15) is 5.82 Å². The molecule has 1 aromatic heterocycles. The second-order valence-electron chi connectivity index (χ2n) is 7.19. The summed E-state index contributed by atoms with van der Waals surface area (Å²) in [7, 11) is 1.71. The fraction of sp³-hybridized carbons (Fsp3) is 0.0417. The molecule has 1 heterocycles. The number of rotatable bonds is 7. The van der Waals surface area contributed by atoms with Crippen molar-refractivity contribution in [3.8, 4) is 0 Å². The van der Waals surface area contributed by atoms with Crippen molar-refractivity contribution in [2.75, 3.05) is 5.32 Å². The Morgan fingerprint density at radius 1 is 1.06 bits per heavy atom. The minimum absolute atomic E-state index is 0.0237. The molecule has 4 aromatic rings. The number of nitrogens with zero attached hydrogens (tertiary/aromatic N) is 3. The lowest BCUT2D eigenvalue weighted by Crippen LogP contribution is -2.14. The molecule has 170 valence electrons. The number of nitrogens with one attached hydrogen (secondary N) is 1. The molecule has 1 amide bonds. The van der Waals surface area contributed by atoms with Crippen LogP contribution < -0.4 is 5.32 Å². The molecular weight excluding hydrogens is 459 g/mol. The molecule has 0 unspecified atom stereocenters. The van der Waals surface area contributed by atoms with Crippen molar-refractivity contribution in [2.24, 2.45) is 7.05 Å². The predicted molar refractivity (Wildman–Crippen MR) is 125 cm³/mol. The van der Waals surface area contributed by atoms with Gasteiger partial charge < -0.3 is 9.88 Å². The number of hydrogen-bond acceptors (Lipinski definition) is 6. The third-order valence-corrected chi connectivity index (χ3v) is 6.03. The minimum Gasteiger partial charge on any atom is -0.331 e. The third-order valence-electron chi connectivity index (χ3n) is 4.90. The average Bonchev–Trinajstić information content (AvgIpc) is 3.26. The van der Waals surface area contributed by atoms with E-state index in [1.807, 2.05) is 0 Å². The number of carbonyl (C=O) groups excluding carboxylic acids is 2. The summed E-state index contributed by atoms with van der Waals surface area (Å²) in [4.78, 5) is 40.9. The van der Waals surface area contributed by atoms with Crippen molar-refractivity contribution in [3.63, 3.8) is 0 Å². The molecule has 0 aliphatic heterocycles. The van der Waals surface area contributed by atoms with Gasteiger partial charge >= 0.3 is 0 Å². The maximum atomic E-state index is 14.1. The van der Waals surface area contributed by atoms with E-state index in [1.165, 1.54) is 24.4 Å². The van der Waals surface area contributed by atoms with Gasteiger partial charge in [-0.15, -0.1) is 0 Å². The SMILES string of the molecule is Cn1ccnc1C(=O)c1ccc(NC(=O)c2cc([N+](=O)[O-])ccc2Sc2ccccc2F)cc1. The fourth-order valence-electron chi connectivity index (χ4n) is 3.16. The Balaban J connectivity index is 1.59. The first-order valence-corrected chi connectivity index (χ1v) is 10.8. The Labute approximate surface area is 197 Å². The highest BCUT2D eigenvalue weighted by atomic mass is 32.2. The summed E-state index contributed by atoms with van der Waals surface area (Å²) in [6.07, 6.45) is 3.19. The number of ketones is 1. The molecule has 0 spiro atoms. The second kappa shape index (κ2) is 9.67. The van der Waals surface area contributed by atoms with Crippen LogP contribution in [0, 0.1) is 15.9 Å². The van der Waals surface area contributed by atoms with Crippen molar-refractivity contribution < 1.29 is 18.9 Å². The Bertz CT molecular complexity index is 1400. The van der Waals surface area contributed by atoms with E-state index < -0.39 is 16.6 Å². The molecule has 0 atom stereocenters. The lowest BCUT2D eigenvalue weighted by molar-refractivity contribution is -0.384. The van der Waals surface area contributed by atoms with Gasteiger partial charge in [-0.1, -0.05) is 23.9 Å². The molecule has 0 aliphatic carbocycles. The summed E-state index contributed by atoms with van der Waals surface area (Å²) < 4.78 is 15.7. The molecule has 3 aromatic carbocycles. The van der Waals surface area contributed by atoms with Crippen LogP contribution in [0.5, 0.6) is 0 Å². The zero-order valence-electron chi connectivity index (χ0n) is 17.8. The quantitative estimate of drug-likeness (QED) is 0.226. The Kier molecular flexibility index (Phi) is 6.51. The van der Waals surface area contributed by atoms with E-state index in [0.29, 0.717) is 16.1 Å². The Morgan fingerprint density at radius 3 is 2.44 bits per heavy atom. The lowest BCUT2D eigenvalue weighted by atomic mass is 10.1. The summed E-state index contributed by atoms with van der Waals surface area (Å²) in [6, 6.07) is 16.1. The number of benzene rings is 3. The molecule has 1 N–H and O–H groups in total. The van der Waals surface area contributed by atoms with Gasteiger partial charge in [-0.25, -0.2) is 9.37 Å². The van der Waals surface area contributed by atoms with Crippen LogP contribution in [0.4, 0.5) is 15.8 Å². The van der Waals surface area contributed by atoms with Gasteiger partial charge in [0.25, 0.3) is 11.6 Å². The third kappa shape index (κ3) is 4.86. The highest BCUT2D eigenvalue weighted by molar-refractivity contribution is 7.99. The van der Waals surface area contributed by atoms with Gasteiger partial charge in [0.15, 0.2) is 5.82 Å². The summed E-state index contributed by atoms with van der Waals surface area (Å²) >= 11 is 0.994. The van der Waals surface area contributed by atoms with Crippen molar-refractivity contribution in [3.05, 3.63) is 112 Å². The van der Waals surface area contributed by atoms with Crippen molar-refractivity contribution in [2.45, 2.75) is 9.79 Å². The van der Waals surface area contributed by atoms with Gasteiger partial charge in [-0.3, -0.25) is 19.7 Å². The summed E-state index contributed by atoms with van der Waals surface area (Å²) in [5.74, 6) is -1.06. The summed E-state index contributed by atoms with van der Waals surface area (Å²) in [6.45, 7) is 0. The summed E-state index contributed by atoms with van der Waals surface area (Å²) in [5, 5.41) is 13.9. The zero-order valence-corrected chi connectivity index (χ0v) is 18.6. The highest BCUT2D eigenvalue weighted by Crippen LogP contribution is 2.34. The lowest BCUT2D eigenvalue weighted by Gasteiger charge is -2.11. The molecule has 0 bridgehead atoms. The Hall–Kier alpha value is -4.31. The van der Waals surface area contributed by atoms with Crippen LogP contribution in [0.3, 0.4) is 0 Å². The normalized spacial score (nSPS) is 10.6. The van der Waals surface area contributed by atoms with Crippen LogP contribution in [0.15, 0.2) is 88.9 Å². The van der Waals surface area contributed by atoms with Gasteiger partial charge in [-0.05, 0) is 42.5 Å². The topological polar surface area (TPSA) is 107 Å². The largest absolute Gasteiger partial charge is 0.331 e. The first kappa shape index (κ1) is 22.9. The van der Waals surface area contributed by atoms with Gasteiger partial charge in [0, 0.05) is 52.6 Å². The monoisotopic (exact) mass is 476 g/mol. The van der Waals surface area contributed by atoms with E-state index in [0.717, 1.165) is 17.8 Å². The molecular formula is C24H17FN4O4S. The first-order valence-electron chi connectivity index (χ1n) is 9.98. The van der Waals surface area contributed by atoms with Gasteiger partial charge in [0.2, 0.25) is 5.78 Å². The maximum absolute atomic E-state index is 14.1. The Morgan fingerprint density at radius 2 is 1.79 bits per heavy atom. The van der Waals surface area contributed by atoms with Crippen LogP contribution in [-0.2, 0) is 7.05 Å². The van der Waals surface area contributed by atoms with E-state index in [2.05, 4.69) is 10.3 Å². The van der Waals surface area contributed by atoms with E-state index >= 15 is 0 Å². The number of halogens is 1. The van der Waals surface area contributed by atoms with Crippen LogP contribution in [0.25, 0.3) is 0 Å². The number of nitro benzene ring substituents is 1. The number of imidazole rings is 1. The number of aryl methyl sites for hydroxylation is 1. The number of hydrogen-bond donors (Lipinski definition) is 1. The smallest absolute Gasteiger partial charge is 0.270 e. The van der Waals surface area contributed by atoms with Crippen molar-refractivity contribution in [1.29, 1.82) is 0 Å². The standard InChI is InChI=1S/C24H17FN4O4S/c1-28-13-12-26-23(28)22(30)15-6-8-16(9-7-15)27-24(31)18-14-17(29(32)33)10-11-20(18)34-21-5-3-2-4-19(21)25/h2-14H,1H3,(H,27,31). The number of non-ortho nitro benzene ring substituents is 1. The zero-order chi connectivity index (χ0) is 24.2. The molecule has 0 fully saturated rings. The predicted octanol–water partition coefficient (Wildman–Crippen LogP) is 5.10. The number of anilines is 1. The maximum Gasteiger partial charge on any atom is 0.270 e. The number of amides is 1. The highest BCUT2D eigenvalue weighted by Gasteiger charge is 2.19.